The largest absolute Gasteiger partial charge is 0.313 e. The first-order valence-corrected chi connectivity index (χ1v) is 7.06. The van der Waals surface area contributed by atoms with Gasteiger partial charge in [0.05, 0.1) is 0 Å². The average Bonchev–Trinajstić information content (AvgIpc) is 2.34. The molecule has 1 nitrogen and oxygen atoms in total. The third-order valence-corrected chi connectivity index (χ3v) is 3.64. The van der Waals surface area contributed by atoms with Crippen molar-refractivity contribution < 1.29 is 4.39 Å². The summed E-state index contributed by atoms with van der Waals surface area (Å²) in [4.78, 5) is 0. The fourth-order valence-corrected chi connectivity index (χ4v) is 2.70. The van der Waals surface area contributed by atoms with Crippen LogP contribution in [-0.2, 0) is 6.42 Å². The number of likely N-dealkylation sites (N-methyl/N-ethyl adjacent to an activating group) is 1. The Morgan fingerprint density at radius 2 is 2.00 bits per heavy atom. The molecule has 0 spiro atoms. The molecule has 1 unspecified atom stereocenters. The van der Waals surface area contributed by atoms with E-state index in [4.69, 9.17) is 0 Å². The lowest BCUT2D eigenvalue weighted by atomic mass is 9.97. The van der Waals surface area contributed by atoms with Gasteiger partial charge in [0.1, 0.15) is 5.82 Å². The molecule has 1 N–H and O–H groups in total. The second-order valence-electron chi connectivity index (χ2n) is 4.74. The first kappa shape index (κ1) is 14.2. The maximum Gasteiger partial charge on any atom is 0.123 e. The third-order valence-electron chi connectivity index (χ3n) is 3.14. The first-order chi connectivity index (χ1) is 9.08. The van der Waals surface area contributed by atoms with E-state index in [9.17, 15) is 4.39 Å². The molecule has 0 bridgehead atoms. The van der Waals surface area contributed by atoms with Crippen molar-refractivity contribution in [3.05, 3.63) is 69.4 Å². The van der Waals surface area contributed by atoms with Crippen LogP contribution in [0.4, 0.5) is 4.39 Å². The van der Waals surface area contributed by atoms with Crippen molar-refractivity contribution in [2.24, 2.45) is 0 Å². The summed E-state index contributed by atoms with van der Waals surface area (Å²) in [6.45, 7) is 1.92. The zero-order chi connectivity index (χ0) is 13.8. The topological polar surface area (TPSA) is 12.0 Å². The van der Waals surface area contributed by atoms with Gasteiger partial charge < -0.3 is 5.32 Å². The minimum atomic E-state index is -0.176. The molecule has 100 valence electrons. The molecule has 0 saturated carbocycles. The van der Waals surface area contributed by atoms with E-state index in [2.05, 4.69) is 33.4 Å². The van der Waals surface area contributed by atoms with Crippen molar-refractivity contribution in [1.29, 1.82) is 0 Å². The number of hydrogen-bond acceptors (Lipinski definition) is 1. The molecule has 2 aromatic carbocycles. The Morgan fingerprint density at radius 3 is 2.63 bits per heavy atom. The van der Waals surface area contributed by atoms with E-state index in [0.717, 1.165) is 22.0 Å². The lowest BCUT2D eigenvalue weighted by molar-refractivity contribution is 0.576. The van der Waals surface area contributed by atoms with Crippen molar-refractivity contribution in [3.8, 4) is 0 Å². The molecule has 0 saturated heterocycles. The minimum absolute atomic E-state index is 0.115. The van der Waals surface area contributed by atoms with Crippen LogP contribution in [0.25, 0.3) is 0 Å². The highest BCUT2D eigenvalue weighted by Gasteiger charge is 2.12. The van der Waals surface area contributed by atoms with E-state index < -0.39 is 0 Å². The van der Waals surface area contributed by atoms with Crippen molar-refractivity contribution in [3.63, 3.8) is 0 Å². The van der Waals surface area contributed by atoms with Crippen LogP contribution in [0.1, 0.15) is 22.7 Å². The zero-order valence-corrected chi connectivity index (χ0v) is 12.7. The third kappa shape index (κ3) is 3.88. The Bertz CT molecular complexity index is 548. The fraction of sp³-hybridized carbons (Fsp3) is 0.250. The van der Waals surface area contributed by atoms with Gasteiger partial charge in [0, 0.05) is 10.5 Å². The quantitative estimate of drug-likeness (QED) is 0.880. The van der Waals surface area contributed by atoms with E-state index >= 15 is 0 Å². The number of benzene rings is 2. The monoisotopic (exact) mass is 321 g/mol. The van der Waals surface area contributed by atoms with Crippen molar-refractivity contribution in [2.75, 3.05) is 7.05 Å². The molecule has 0 aliphatic rings. The molecular formula is C16H17BrFN. The number of rotatable bonds is 4. The van der Waals surface area contributed by atoms with Crippen LogP contribution in [0.3, 0.4) is 0 Å². The molecule has 19 heavy (non-hydrogen) atoms. The highest BCUT2D eigenvalue weighted by atomic mass is 79.9. The van der Waals surface area contributed by atoms with Crippen LogP contribution in [0.15, 0.2) is 46.9 Å². The Labute approximate surface area is 122 Å². The highest BCUT2D eigenvalue weighted by Crippen LogP contribution is 2.22. The van der Waals surface area contributed by atoms with Crippen molar-refractivity contribution in [2.45, 2.75) is 19.4 Å². The lowest BCUT2D eigenvalue weighted by Crippen LogP contribution is -2.19. The molecule has 2 aromatic rings. The Balaban J connectivity index is 2.24. The van der Waals surface area contributed by atoms with Gasteiger partial charge in [0.15, 0.2) is 0 Å². The number of hydrogen-bond donors (Lipinski definition) is 1. The summed E-state index contributed by atoms with van der Waals surface area (Å²) in [5.74, 6) is -0.176. The van der Waals surface area contributed by atoms with Crippen LogP contribution in [0.5, 0.6) is 0 Å². The summed E-state index contributed by atoms with van der Waals surface area (Å²) in [5.41, 5.74) is 3.15. The smallest absolute Gasteiger partial charge is 0.123 e. The maximum absolute atomic E-state index is 13.5. The van der Waals surface area contributed by atoms with Crippen LogP contribution < -0.4 is 5.32 Å². The van der Waals surface area contributed by atoms with Gasteiger partial charge in [-0.05, 0) is 61.3 Å². The molecular weight excluding hydrogens is 305 g/mol. The van der Waals surface area contributed by atoms with Gasteiger partial charge >= 0.3 is 0 Å². The number of halogens is 2. The Kier molecular flexibility index (Phi) is 4.72. The van der Waals surface area contributed by atoms with E-state index in [1.54, 1.807) is 12.1 Å². The summed E-state index contributed by atoms with van der Waals surface area (Å²) in [6.07, 6.45) is 0.832. The van der Waals surface area contributed by atoms with Gasteiger partial charge in [-0.25, -0.2) is 4.39 Å². The van der Waals surface area contributed by atoms with E-state index in [-0.39, 0.29) is 11.9 Å². The predicted octanol–water partition coefficient (Wildman–Crippen LogP) is 4.40. The van der Waals surface area contributed by atoms with Crippen LogP contribution in [0.2, 0.25) is 0 Å². The maximum atomic E-state index is 13.5. The Hall–Kier alpha value is -1.19. The van der Waals surface area contributed by atoms with E-state index in [0.29, 0.717) is 0 Å². The van der Waals surface area contributed by atoms with Crippen LogP contribution in [-0.4, -0.2) is 7.05 Å². The van der Waals surface area contributed by atoms with E-state index in [1.807, 2.05) is 32.2 Å². The zero-order valence-electron chi connectivity index (χ0n) is 11.1. The van der Waals surface area contributed by atoms with Crippen molar-refractivity contribution in [1.82, 2.24) is 5.32 Å². The van der Waals surface area contributed by atoms with Gasteiger partial charge in [-0.2, -0.15) is 0 Å². The van der Waals surface area contributed by atoms with Crippen molar-refractivity contribution >= 4 is 15.9 Å². The van der Waals surface area contributed by atoms with Crippen LogP contribution >= 0.6 is 15.9 Å². The Morgan fingerprint density at radius 1 is 1.21 bits per heavy atom. The summed E-state index contributed by atoms with van der Waals surface area (Å²) >= 11 is 3.47. The number of nitrogens with one attached hydrogen (secondary N) is 1. The number of aryl methyl sites for hydroxylation is 1. The second-order valence-corrected chi connectivity index (χ2v) is 5.65. The molecule has 0 amide bonds. The van der Waals surface area contributed by atoms with Gasteiger partial charge in [-0.1, -0.05) is 34.1 Å². The SMILES string of the molecule is CNC(Cc1cccc(Br)c1)c1cc(C)cc(F)c1. The minimum Gasteiger partial charge on any atom is -0.313 e. The normalized spacial score (nSPS) is 12.4. The second kappa shape index (κ2) is 6.31. The molecule has 0 aromatic heterocycles. The highest BCUT2D eigenvalue weighted by molar-refractivity contribution is 9.10. The standard InChI is InChI=1S/C16H17BrFN/c1-11-6-13(10-15(18)7-11)16(19-2)9-12-4-3-5-14(17)8-12/h3-8,10,16,19H,9H2,1-2H3. The summed E-state index contributed by atoms with van der Waals surface area (Å²) in [7, 11) is 1.91. The fourth-order valence-electron chi connectivity index (χ4n) is 2.25. The first-order valence-electron chi connectivity index (χ1n) is 6.27. The summed E-state index contributed by atoms with van der Waals surface area (Å²) in [6, 6.07) is 13.5. The summed E-state index contributed by atoms with van der Waals surface area (Å²) in [5, 5.41) is 3.26. The van der Waals surface area contributed by atoms with Gasteiger partial charge in [-0.15, -0.1) is 0 Å². The molecule has 0 aliphatic heterocycles. The van der Waals surface area contributed by atoms with Crippen LogP contribution in [0, 0.1) is 12.7 Å². The van der Waals surface area contributed by atoms with Gasteiger partial charge in [0.2, 0.25) is 0 Å². The molecule has 0 aliphatic carbocycles. The molecule has 0 fully saturated rings. The average molecular weight is 322 g/mol. The van der Waals surface area contributed by atoms with Gasteiger partial charge in [-0.3, -0.25) is 0 Å². The molecule has 1 atom stereocenters. The van der Waals surface area contributed by atoms with Gasteiger partial charge in [0.25, 0.3) is 0 Å². The molecule has 0 heterocycles. The van der Waals surface area contributed by atoms with E-state index in [1.165, 1.54) is 5.56 Å². The molecule has 2 rings (SSSR count). The lowest BCUT2D eigenvalue weighted by Gasteiger charge is -2.17. The predicted molar refractivity (Wildman–Crippen MR) is 80.8 cm³/mol. The molecule has 0 radical (unpaired) electrons. The molecule has 3 heteroatoms. The summed E-state index contributed by atoms with van der Waals surface area (Å²) < 4.78 is 14.6.